The van der Waals surface area contributed by atoms with Gasteiger partial charge in [0.2, 0.25) is 0 Å². The molecule has 0 fully saturated rings. The summed E-state index contributed by atoms with van der Waals surface area (Å²) in [6.45, 7) is 2.02. The highest BCUT2D eigenvalue weighted by Crippen LogP contribution is 2.35. The fraction of sp³-hybridized carbons (Fsp3) is 0.111. The summed E-state index contributed by atoms with van der Waals surface area (Å²) in [6, 6.07) is 21.3. The second kappa shape index (κ2) is 6.22. The monoisotopic (exact) mass is 357 g/mol. The molecule has 0 amide bonds. The zero-order chi connectivity index (χ0) is 14.8. The van der Waals surface area contributed by atoms with Gasteiger partial charge in [0, 0.05) is 20.3 Å². The highest BCUT2D eigenvalue weighted by atomic mass is 79.9. The molecule has 106 valence electrons. The maximum atomic E-state index is 6.08. The molecule has 1 nitrogen and oxygen atoms in total. The minimum atomic E-state index is 0.0288. The van der Waals surface area contributed by atoms with Crippen molar-refractivity contribution in [1.29, 1.82) is 0 Å². The standard InChI is InChI=1S/C18H16BrNS/c1-12(20)17-9-7-15(19)11-18(17)21-16-8-6-13-4-2-3-5-14(13)10-16/h2-12H,20H2,1H3. The van der Waals surface area contributed by atoms with Gasteiger partial charge in [0.05, 0.1) is 0 Å². The number of hydrogen-bond donors (Lipinski definition) is 1. The lowest BCUT2D eigenvalue weighted by molar-refractivity contribution is 0.797. The van der Waals surface area contributed by atoms with E-state index in [1.54, 1.807) is 11.8 Å². The molecule has 1 unspecified atom stereocenters. The van der Waals surface area contributed by atoms with Crippen LogP contribution in [0, 0.1) is 0 Å². The predicted octanol–water partition coefficient (Wildman–Crippen LogP) is 5.77. The van der Waals surface area contributed by atoms with Crippen LogP contribution in [0.3, 0.4) is 0 Å². The summed E-state index contributed by atoms with van der Waals surface area (Å²) < 4.78 is 1.08. The number of halogens is 1. The summed E-state index contributed by atoms with van der Waals surface area (Å²) in [4.78, 5) is 2.43. The lowest BCUT2D eigenvalue weighted by atomic mass is 10.1. The molecular weight excluding hydrogens is 342 g/mol. The summed E-state index contributed by atoms with van der Waals surface area (Å²) in [7, 11) is 0. The van der Waals surface area contributed by atoms with E-state index >= 15 is 0 Å². The molecule has 21 heavy (non-hydrogen) atoms. The topological polar surface area (TPSA) is 26.0 Å². The SMILES string of the molecule is CC(N)c1ccc(Br)cc1Sc1ccc2ccccc2c1. The van der Waals surface area contributed by atoms with Gasteiger partial charge < -0.3 is 5.73 Å². The molecule has 0 aromatic heterocycles. The van der Waals surface area contributed by atoms with Crippen molar-refractivity contribution in [1.82, 2.24) is 0 Å². The van der Waals surface area contributed by atoms with E-state index < -0.39 is 0 Å². The largest absolute Gasteiger partial charge is 0.324 e. The second-order valence-electron chi connectivity index (χ2n) is 5.08. The first-order chi connectivity index (χ1) is 10.1. The van der Waals surface area contributed by atoms with Gasteiger partial charge in [-0.25, -0.2) is 0 Å². The van der Waals surface area contributed by atoms with E-state index in [0.717, 1.165) is 4.47 Å². The Bertz CT molecular complexity index is 783. The number of rotatable bonds is 3. The Labute approximate surface area is 137 Å². The van der Waals surface area contributed by atoms with Crippen LogP contribution in [-0.4, -0.2) is 0 Å². The van der Waals surface area contributed by atoms with Gasteiger partial charge in [-0.1, -0.05) is 64.1 Å². The van der Waals surface area contributed by atoms with Crippen molar-refractivity contribution in [3.63, 3.8) is 0 Å². The average molecular weight is 358 g/mol. The van der Waals surface area contributed by atoms with E-state index in [1.807, 2.05) is 13.0 Å². The van der Waals surface area contributed by atoms with E-state index in [4.69, 9.17) is 5.73 Å². The van der Waals surface area contributed by atoms with Gasteiger partial charge in [0.1, 0.15) is 0 Å². The third-order valence-corrected chi connectivity index (χ3v) is 4.97. The van der Waals surface area contributed by atoms with Crippen LogP contribution in [0.15, 0.2) is 74.9 Å². The van der Waals surface area contributed by atoms with Crippen LogP contribution in [0.5, 0.6) is 0 Å². The molecule has 3 aromatic carbocycles. The highest BCUT2D eigenvalue weighted by Gasteiger charge is 2.09. The van der Waals surface area contributed by atoms with Gasteiger partial charge in [0.15, 0.2) is 0 Å². The van der Waals surface area contributed by atoms with Crippen molar-refractivity contribution in [2.24, 2.45) is 5.73 Å². The number of fused-ring (bicyclic) bond motifs is 1. The quantitative estimate of drug-likeness (QED) is 0.643. The van der Waals surface area contributed by atoms with Gasteiger partial charge in [0.25, 0.3) is 0 Å². The van der Waals surface area contributed by atoms with Crippen molar-refractivity contribution >= 4 is 38.5 Å². The molecule has 0 saturated heterocycles. The molecule has 1 atom stereocenters. The van der Waals surface area contributed by atoms with E-state index in [9.17, 15) is 0 Å². The van der Waals surface area contributed by atoms with Crippen LogP contribution in [0.25, 0.3) is 10.8 Å². The van der Waals surface area contributed by atoms with Crippen molar-refractivity contribution in [3.05, 3.63) is 70.7 Å². The van der Waals surface area contributed by atoms with E-state index in [1.165, 1.54) is 26.1 Å². The molecule has 3 aromatic rings. The fourth-order valence-corrected chi connectivity index (χ4v) is 3.98. The smallest absolute Gasteiger partial charge is 0.0277 e. The lowest BCUT2D eigenvalue weighted by Crippen LogP contribution is -2.06. The third kappa shape index (κ3) is 3.31. The Balaban J connectivity index is 2.00. The van der Waals surface area contributed by atoms with Crippen molar-refractivity contribution in [3.8, 4) is 0 Å². The number of benzene rings is 3. The van der Waals surface area contributed by atoms with Gasteiger partial charge >= 0.3 is 0 Å². The molecule has 3 heteroatoms. The molecule has 0 heterocycles. The Kier molecular flexibility index (Phi) is 4.34. The van der Waals surface area contributed by atoms with E-state index in [0.29, 0.717) is 0 Å². The van der Waals surface area contributed by atoms with Crippen LogP contribution in [0.2, 0.25) is 0 Å². The normalized spacial score (nSPS) is 12.5. The molecule has 2 N–H and O–H groups in total. The fourth-order valence-electron chi connectivity index (χ4n) is 2.33. The van der Waals surface area contributed by atoms with Crippen molar-refractivity contribution < 1.29 is 0 Å². The summed E-state index contributed by atoms with van der Waals surface area (Å²) in [5.74, 6) is 0. The van der Waals surface area contributed by atoms with E-state index in [2.05, 4.69) is 70.5 Å². The van der Waals surface area contributed by atoms with Crippen molar-refractivity contribution in [2.75, 3.05) is 0 Å². The summed E-state index contributed by atoms with van der Waals surface area (Å²) >= 11 is 5.31. The predicted molar refractivity (Wildman–Crippen MR) is 94.8 cm³/mol. The lowest BCUT2D eigenvalue weighted by Gasteiger charge is -2.13. The number of hydrogen-bond acceptors (Lipinski definition) is 2. The maximum absolute atomic E-state index is 6.08. The average Bonchev–Trinajstić information content (AvgIpc) is 2.47. The molecule has 0 aliphatic rings. The molecule has 3 rings (SSSR count). The van der Waals surface area contributed by atoms with Gasteiger partial charge in [-0.3, -0.25) is 0 Å². The summed E-state index contributed by atoms with van der Waals surface area (Å²) in [6.07, 6.45) is 0. The van der Waals surface area contributed by atoms with Crippen LogP contribution in [-0.2, 0) is 0 Å². The Morgan fingerprint density at radius 3 is 2.48 bits per heavy atom. The van der Waals surface area contributed by atoms with Crippen LogP contribution in [0.4, 0.5) is 0 Å². The minimum Gasteiger partial charge on any atom is -0.324 e. The Morgan fingerprint density at radius 2 is 1.71 bits per heavy atom. The minimum absolute atomic E-state index is 0.0288. The van der Waals surface area contributed by atoms with Crippen LogP contribution < -0.4 is 5.73 Å². The van der Waals surface area contributed by atoms with E-state index in [-0.39, 0.29) is 6.04 Å². The zero-order valence-electron chi connectivity index (χ0n) is 11.7. The zero-order valence-corrected chi connectivity index (χ0v) is 14.1. The Hall–Kier alpha value is -1.29. The van der Waals surface area contributed by atoms with Crippen LogP contribution >= 0.6 is 27.7 Å². The van der Waals surface area contributed by atoms with Crippen molar-refractivity contribution in [2.45, 2.75) is 22.8 Å². The molecule has 0 spiro atoms. The van der Waals surface area contributed by atoms with Gasteiger partial charge in [-0.15, -0.1) is 0 Å². The molecule has 0 saturated carbocycles. The first-order valence-corrected chi connectivity index (χ1v) is 8.46. The maximum Gasteiger partial charge on any atom is 0.0277 e. The molecule has 0 aliphatic carbocycles. The summed E-state index contributed by atoms with van der Waals surface area (Å²) in [5.41, 5.74) is 7.26. The summed E-state index contributed by atoms with van der Waals surface area (Å²) in [5, 5.41) is 2.53. The first kappa shape index (κ1) is 14.6. The number of nitrogens with two attached hydrogens (primary N) is 1. The molecule has 0 aliphatic heterocycles. The second-order valence-corrected chi connectivity index (χ2v) is 7.11. The molecule has 0 bridgehead atoms. The van der Waals surface area contributed by atoms with Gasteiger partial charge in [-0.2, -0.15) is 0 Å². The van der Waals surface area contributed by atoms with Gasteiger partial charge in [-0.05, 0) is 47.5 Å². The van der Waals surface area contributed by atoms with Crippen LogP contribution in [0.1, 0.15) is 18.5 Å². The highest BCUT2D eigenvalue weighted by molar-refractivity contribution is 9.10. The molecule has 0 radical (unpaired) electrons. The molecular formula is C18H16BrNS. The first-order valence-electron chi connectivity index (χ1n) is 6.85. The third-order valence-electron chi connectivity index (χ3n) is 3.41. The Morgan fingerprint density at radius 1 is 0.952 bits per heavy atom.